The van der Waals surface area contributed by atoms with E-state index in [2.05, 4.69) is 10.1 Å². The molecule has 0 bridgehead atoms. The molecule has 11 heteroatoms. The van der Waals surface area contributed by atoms with Crippen molar-refractivity contribution in [3.05, 3.63) is 74.0 Å². The van der Waals surface area contributed by atoms with Crippen molar-refractivity contribution in [1.29, 1.82) is 0 Å². The molecular weight excluding hydrogens is 512 g/mol. The van der Waals surface area contributed by atoms with Crippen LogP contribution in [0.1, 0.15) is 52.5 Å². The molecule has 0 radical (unpaired) electrons. The molecule has 1 aromatic carbocycles. The second-order valence-corrected chi connectivity index (χ2v) is 10.7. The van der Waals surface area contributed by atoms with Crippen LogP contribution in [0.25, 0.3) is 4.96 Å². The van der Waals surface area contributed by atoms with E-state index in [1.807, 2.05) is 13.0 Å². The van der Waals surface area contributed by atoms with Gasteiger partial charge in [-0.25, -0.2) is 18.9 Å². The highest BCUT2D eigenvalue weighted by atomic mass is 35.5. The van der Waals surface area contributed by atoms with Gasteiger partial charge in [-0.1, -0.05) is 40.6 Å². The summed E-state index contributed by atoms with van der Waals surface area (Å²) >= 11 is 13.8. The quantitative estimate of drug-likeness (QED) is 0.323. The average Bonchev–Trinajstić information content (AvgIpc) is 3.53. The minimum absolute atomic E-state index is 0.235. The van der Waals surface area contributed by atoms with Crippen LogP contribution in [0.5, 0.6) is 5.75 Å². The molecule has 35 heavy (non-hydrogen) atoms. The Kier molecular flexibility index (Phi) is 5.66. The molecule has 0 spiro atoms. The zero-order chi connectivity index (χ0) is 24.3. The molecule has 2 aliphatic rings. The molecule has 0 saturated heterocycles. The highest BCUT2D eigenvalue weighted by molar-refractivity contribution is 7.16. The van der Waals surface area contributed by atoms with E-state index in [1.165, 1.54) is 17.4 Å². The predicted molar refractivity (Wildman–Crippen MR) is 131 cm³/mol. The standard InChI is InChI=1S/C24H20Cl2FN5O2S/c1-12-30-32-22-18(29-24(32)35-12)8-9-31(21(22)15-5-4-14(25)10-16(15)27)20(33)11-34-19-7-6-17(13-2-3-13)28-23(19)26/h4-7,10,13,21H,2-3,8-9,11H2,1H3. The number of imidazole rings is 1. The molecule has 0 N–H and O–H groups in total. The van der Waals surface area contributed by atoms with Gasteiger partial charge in [-0.3, -0.25) is 4.79 Å². The number of carbonyl (C=O) groups is 1. The van der Waals surface area contributed by atoms with E-state index in [1.54, 1.807) is 27.6 Å². The summed E-state index contributed by atoms with van der Waals surface area (Å²) in [6.45, 7) is 1.98. The number of carbonyl (C=O) groups excluding carboxylic acids is 1. The first-order valence-corrected chi connectivity index (χ1v) is 12.8. The van der Waals surface area contributed by atoms with E-state index in [-0.39, 0.29) is 22.7 Å². The van der Waals surface area contributed by atoms with Crippen LogP contribution in [0.3, 0.4) is 0 Å². The number of fused-ring (bicyclic) bond motifs is 3. The summed E-state index contributed by atoms with van der Waals surface area (Å²) in [4.78, 5) is 24.9. The van der Waals surface area contributed by atoms with Gasteiger partial charge in [0.15, 0.2) is 17.5 Å². The van der Waals surface area contributed by atoms with Gasteiger partial charge in [0.2, 0.25) is 4.96 Å². The number of rotatable bonds is 5. The first kappa shape index (κ1) is 22.7. The third kappa shape index (κ3) is 4.15. The van der Waals surface area contributed by atoms with Crippen LogP contribution in [0, 0.1) is 12.7 Å². The minimum Gasteiger partial charge on any atom is -0.481 e. The fourth-order valence-electron chi connectivity index (χ4n) is 4.54. The molecule has 1 saturated carbocycles. The van der Waals surface area contributed by atoms with Crippen molar-refractivity contribution in [3.8, 4) is 5.75 Å². The summed E-state index contributed by atoms with van der Waals surface area (Å²) in [6, 6.07) is 7.38. The Morgan fingerprint density at radius 2 is 2.06 bits per heavy atom. The molecule has 1 aliphatic heterocycles. The number of benzene rings is 1. The Hall–Kier alpha value is -2.75. The van der Waals surface area contributed by atoms with Crippen molar-refractivity contribution in [3.63, 3.8) is 0 Å². The number of pyridine rings is 1. The smallest absolute Gasteiger partial charge is 0.261 e. The number of nitrogens with zero attached hydrogens (tertiary/aromatic N) is 5. The van der Waals surface area contributed by atoms with Gasteiger partial charge < -0.3 is 9.64 Å². The van der Waals surface area contributed by atoms with Crippen molar-refractivity contribution in [2.24, 2.45) is 0 Å². The molecule has 180 valence electrons. The summed E-state index contributed by atoms with van der Waals surface area (Å²) < 4.78 is 22.6. The lowest BCUT2D eigenvalue weighted by atomic mass is 9.95. The topological polar surface area (TPSA) is 72.6 Å². The van der Waals surface area contributed by atoms with Crippen molar-refractivity contribution in [2.45, 2.75) is 38.1 Å². The number of hydrogen-bond donors (Lipinski definition) is 0. The molecule has 1 unspecified atom stereocenters. The van der Waals surface area contributed by atoms with Gasteiger partial charge in [0, 0.05) is 35.2 Å². The zero-order valence-corrected chi connectivity index (χ0v) is 21.0. The maximum Gasteiger partial charge on any atom is 0.261 e. The van der Waals surface area contributed by atoms with Crippen molar-refractivity contribution in [1.82, 2.24) is 24.5 Å². The summed E-state index contributed by atoms with van der Waals surface area (Å²) in [5.41, 5.74) is 2.75. The van der Waals surface area contributed by atoms with Crippen LogP contribution in [0.15, 0.2) is 30.3 Å². The van der Waals surface area contributed by atoms with Gasteiger partial charge >= 0.3 is 0 Å². The molecule has 6 rings (SSSR count). The monoisotopic (exact) mass is 531 g/mol. The van der Waals surface area contributed by atoms with E-state index in [9.17, 15) is 4.79 Å². The number of hydrogen-bond acceptors (Lipinski definition) is 6. The average molecular weight is 532 g/mol. The SMILES string of the molecule is Cc1nn2c3c(nc2s1)CCN(C(=O)COc1ccc(C2CC2)nc1Cl)C3c1ccc(Cl)cc1F. The third-order valence-corrected chi connectivity index (χ3v) is 7.67. The Morgan fingerprint density at radius 3 is 2.80 bits per heavy atom. The maximum absolute atomic E-state index is 15.2. The summed E-state index contributed by atoms with van der Waals surface area (Å²) in [5.74, 6) is -0.000995. The van der Waals surface area contributed by atoms with Crippen LogP contribution in [-0.4, -0.2) is 43.5 Å². The lowest BCUT2D eigenvalue weighted by Gasteiger charge is -2.35. The van der Waals surface area contributed by atoms with E-state index in [4.69, 9.17) is 32.9 Å². The molecule has 3 aromatic heterocycles. The summed E-state index contributed by atoms with van der Waals surface area (Å²) in [6.07, 6.45) is 2.75. The summed E-state index contributed by atoms with van der Waals surface area (Å²) in [5, 5.41) is 5.91. The Bertz CT molecular complexity index is 1470. The van der Waals surface area contributed by atoms with Gasteiger partial charge in [-0.05, 0) is 44.0 Å². The normalized spacial score (nSPS) is 17.6. The lowest BCUT2D eigenvalue weighted by Crippen LogP contribution is -2.43. The van der Waals surface area contributed by atoms with E-state index < -0.39 is 11.9 Å². The van der Waals surface area contributed by atoms with Gasteiger partial charge in [-0.2, -0.15) is 5.10 Å². The number of amides is 1. The summed E-state index contributed by atoms with van der Waals surface area (Å²) in [7, 11) is 0. The second kappa shape index (κ2) is 8.72. The highest BCUT2D eigenvalue weighted by Crippen LogP contribution is 2.41. The maximum atomic E-state index is 15.2. The van der Waals surface area contributed by atoms with Crippen molar-refractivity contribution >= 4 is 45.4 Å². The van der Waals surface area contributed by atoms with Crippen LogP contribution in [-0.2, 0) is 11.2 Å². The number of ether oxygens (including phenoxy) is 1. The Labute approximate surface area is 214 Å². The minimum atomic E-state index is -0.727. The third-order valence-electron chi connectivity index (χ3n) is 6.34. The van der Waals surface area contributed by atoms with Gasteiger partial charge in [0.1, 0.15) is 16.9 Å². The first-order valence-electron chi connectivity index (χ1n) is 11.3. The number of aromatic nitrogens is 4. The number of aryl methyl sites for hydroxylation is 1. The molecule has 1 aliphatic carbocycles. The fourth-order valence-corrected chi connectivity index (χ4v) is 5.68. The molecule has 1 atom stereocenters. The number of halogens is 3. The van der Waals surface area contributed by atoms with E-state index >= 15 is 4.39 Å². The first-order chi connectivity index (χ1) is 16.9. The van der Waals surface area contributed by atoms with Gasteiger partial charge in [-0.15, -0.1) is 0 Å². The second-order valence-electron chi connectivity index (χ2n) is 8.75. The van der Waals surface area contributed by atoms with Crippen molar-refractivity contribution in [2.75, 3.05) is 13.2 Å². The van der Waals surface area contributed by atoms with Gasteiger partial charge in [0.25, 0.3) is 5.91 Å². The van der Waals surface area contributed by atoms with Crippen molar-refractivity contribution < 1.29 is 13.9 Å². The molecule has 1 fully saturated rings. The van der Waals surface area contributed by atoms with E-state index in [0.29, 0.717) is 40.9 Å². The van der Waals surface area contributed by atoms with Crippen LogP contribution in [0.4, 0.5) is 4.39 Å². The lowest BCUT2D eigenvalue weighted by molar-refractivity contribution is -0.135. The van der Waals surface area contributed by atoms with Crippen LogP contribution in [0.2, 0.25) is 10.2 Å². The predicted octanol–water partition coefficient (Wildman–Crippen LogP) is 5.37. The molecule has 4 aromatic rings. The zero-order valence-electron chi connectivity index (χ0n) is 18.7. The Balaban J connectivity index is 1.33. The molecule has 7 nitrogen and oxygen atoms in total. The molecule has 4 heterocycles. The van der Waals surface area contributed by atoms with E-state index in [0.717, 1.165) is 29.2 Å². The highest BCUT2D eigenvalue weighted by Gasteiger charge is 2.38. The van der Waals surface area contributed by atoms with Crippen LogP contribution >= 0.6 is 34.5 Å². The Morgan fingerprint density at radius 1 is 1.23 bits per heavy atom. The largest absolute Gasteiger partial charge is 0.481 e. The molecule has 1 amide bonds. The van der Waals surface area contributed by atoms with Gasteiger partial charge in [0.05, 0.1) is 11.4 Å². The fraction of sp³-hybridized carbons (Fsp3) is 0.333. The van der Waals surface area contributed by atoms with Crippen LogP contribution < -0.4 is 4.74 Å². The molecular formula is C24H20Cl2FN5O2S.